The maximum atomic E-state index is 9.60. The van der Waals surface area contributed by atoms with Crippen LogP contribution in [0, 0.1) is 0 Å². The molecule has 2 heterocycles. The molecule has 0 saturated carbocycles. The predicted octanol–water partition coefficient (Wildman–Crippen LogP) is 3.17. The molecule has 0 amide bonds. The van der Waals surface area contributed by atoms with E-state index in [2.05, 4.69) is 27.7 Å². The molecule has 0 radical (unpaired) electrons. The average molecular weight is 363 g/mol. The Bertz CT molecular complexity index is 569. The summed E-state index contributed by atoms with van der Waals surface area (Å²) < 4.78 is 5.28. The number of hydrogen-bond acceptors (Lipinski definition) is 5. The molecule has 1 fully saturated rings. The minimum Gasteiger partial charge on any atom is -0.508 e. The van der Waals surface area contributed by atoms with Crippen molar-refractivity contribution in [3.05, 3.63) is 52.2 Å². The van der Waals surface area contributed by atoms with Crippen LogP contribution in [0.3, 0.4) is 0 Å². The van der Waals surface area contributed by atoms with E-state index in [-0.39, 0.29) is 0 Å². The van der Waals surface area contributed by atoms with Gasteiger partial charge in [-0.2, -0.15) is 0 Å². The Morgan fingerprint density at radius 2 is 1.92 bits per heavy atom. The molecule has 0 spiro atoms. The van der Waals surface area contributed by atoms with Gasteiger partial charge >= 0.3 is 0 Å². The van der Waals surface area contributed by atoms with Gasteiger partial charge in [0.25, 0.3) is 0 Å². The Morgan fingerprint density at radius 1 is 1.12 bits per heavy atom. The second-order valence-electron chi connectivity index (χ2n) is 6.12. The smallest absolute Gasteiger partial charge is 0.118 e. The number of nitrogens with one attached hydrogen (secondary N) is 1. The second kappa shape index (κ2) is 12.0. The first kappa shape index (κ1) is 19.9. The van der Waals surface area contributed by atoms with Crippen molar-refractivity contribution in [2.24, 2.45) is 0 Å². The highest BCUT2D eigenvalue weighted by Crippen LogP contribution is 2.16. The van der Waals surface area contributed by atoms with Crippen LogP contribution in [0.4, 0.5) is 0 Å². The van der Waals surface area contributed by atoms with Crippen molar-refractivity contribution >= 4 is 11.3 Å². The Morgan fingerprint density at radius 3 is 2.60 bits per heavy atom. The quantitative estimate of drug-likeness (QED) is 0.743. The van der Waals surface area contributed by atoms with Gasteiger partial charge in [0.15, 0.2) is 0 Å². The number of hydrogen-bond donors (Lipinski definition) is 2. The summed E-state index contributed by atoms with van der Waals surface area (Å²) in [7, 11) is 1.99. The molecule has 4 nitrogen and oxygen atoms in total. The van der Waals surface area contributed by atoms with Gasteiger partial charge in [-0.3, -0.25) is 4.90 Å². The maximum absolute atomic E-state index is 9.60. The summed E-state index contributed by atoms with van der Waals surface area (Å²) >= 11 is 1.85. The first-order valence-corrected chi connectivity index (χ1v) is 9.91. The van der Waals surface area contributed by atoms with Gasteiger partial charge in [0.05, 0.1) is 13.2 Å². The first-order valence-electron chi connectivity index (χ1n) is 9.03. The number of nitrogens with zero attached hydrogens (tertiary/aromatic N) is 1. The van der Waals surface area contributed by atoms with Crippen LogP contribution in [0.2, 0.25) is 0 Å². The number of morpholine rings is 1. The van der Waals surface area contributed by atoms with E-state index >= 15 is 0 Å². The third kappa shape index (κ3) is 8.01. The van der Waals surface area contributed by atoms with Crippen molar-refractivity contribution in [3.63, 3.8) is 0 Å². The third-order valence-electron chi connectivity index (χ3n) is 4.22. The van der Waals surface area contributed by atoms with Gasteiger partial charge in [0.1, 0.15) is 5.75 Å². The molecule has 2 aromatic rings. The fraction of sp³-hybridized carbons (Fsp3) is 0.500. The molecule has 3 rings (SSSR count). The SMILES string of the molecule is CNCCCc1cccs1.Oc1ccccc1CCN1CCOCC1. The van der Waals surface area contributed by atoms with E-state index in [0.717, 1.165) is 51.4 Å². The molecular formula is C20H30N2O2S. The van der Waals surface area contributed by atoms with Crippen molar-refractivity contribution in [1.82, 2.24) is 10.2 Å². The number of aromatic hydroxyl groups is 1. The highest BCUT2D eigenvalue weighted by molar-refractivity contribution is 7.09. The lowest BCUT2D eigenvalue weighted by Crippen LogP contribution is -2.37. The molecule has 2 N–H and O–H groups in total. The Hall–Kier alpha value is -1.40. The van der Waals surface area contributed by atoms with Gasteiger partial charge in [-0.25, -0.2) is 0 Å². The number of para-hydroxylation sites is 1. The summed E-state index contributed by atoms with van der Waals surface area (Å²) in [6, 6.07) is 11.9. The summed E-state index contributed by atoms with van der Waals surface area (Å²) in [4.78, 5) is 3.87. The minimum absolute atomic E-state index is 0.408. The zero-order chi connectivity index (χ0) is 17.7. The summed E-state index contributed by atoms with van der Waals surface area (Å²) in [5.74, 6) is 0.408. The number of thiophene rings is 1. The molecule has 1 saturated heterocycles. The van der Waals surface area contributed by atoms with Crippen molar-refractivity contribution in [2.75, 3.05) is 46.4 Å². The van der Waals surface area contributed by atoms with E-state index in [0.29, 0.717) is 5.75 Å². The summed E-state index contributed by atoms with van der Waals surface area (Å²) in [5, 5.41) is 14.9. The van der Waals surface area contributed by atoms with Gasteiger partial charge in [-0.15, -0.1) is 11.3 Å². The van der Waals surface area contributed by atoms with Crippen LogP contribution in [0.25, 0.3) is 0 Å². The zero-order valence-corrected chi connectivity index (χ0v) is 15.9. The standard InChI is InChI=1S/C12H17NO2.C8H13NS/c14-12-4-2-1-3-11(12)5-6-13-7-9-15-10-8-13;1-9-6-2-4-8-5-3-7-10-8/h1-4,14H,5-10H2;3,5,7,9H,2,4,6H2,1H3. The Labute approximate surface area is 155 Å². The molecule has 25 heavy (non-hydrogen) atoms. The fourth-order valence-electron chi connectivity index (χ4n) is 2.72. The van der Waals surface area contributed by atoms with Crippen molar-refractivity contribution in [2.45, 2.75) is 19.3 Å². The average Bonchev–Trinajstić information content (AvgIpc) is 3.16. The van der Waals surface area contributed by atoms with Crippen LogP contribution in [0.1, 0.15) is 16.9 Å². The van der Waals surface area contributed by atoms with Crippen molar-refractivity contribution < 1.29 is 9.84 Å². The van der Waals surface area contributed by atoms with Crippen LogP contribution in [0.15, 0.2) is 41.8 Å². The lowest BCUT2D eigenvalue weighted by atomic mass is 10.1. The van der Waals surface area contributed by atoms with Gasteiger partial charge in [-0.05, 0) is 55.9 Å². The third-order valence-corrected chi connectivity index (χ3v) is 5.16. The Kier molecular flexibility index (Phi) is 9.59. The fourth-order valence-corrected chi connectivity index (χ4v) is 3.47. The largest absolute Gasteiger partial charge is 0.508 e. The molecule has 1 aromatic heterocycles. The molecule has 138 valence electrons. The summed E-state index contributed by atoms with van der Waals surface area (Å²) in [6.07, 6.45) is 3.38. The molecule has 1 aliphatic heterocycles. The number of ether oxygens (including phenoxy) is 1. The zero-order valence-electron chi connectivity index (χ0n) is 15.1. The van der Waals surface area contributed by atoms with Gasteiger partial charge < -0.3 is 15.2 Å². The summed E-state index contributed by atoms with van der Waals surface area (Å²) in [6.45, 7) is 5.81. The van der Waals surface area contributed by atoms with Gasteiger partial charge in [0.2, 0.25) is 0 Å². The van der Waals surface area contributed by atoms with E-state index < -0.39 is 0 Å². The lowest BCUT2D eigenvalue weighted by Gasteiger charge is -2.26. The highest BCUT2D eigenvalue weighted by Gasteiger charge is 2.10. The second-order valence-corrected chi connectivity index (χ2v) is 7.15. The van der Waals surface area contributed by atoms with Crippen LogP contribution in [-0.4, -0.2) is 56.4 Å². The topological polar surface area (TPSA) is 44.7 Å². The van der Waals surface area contributed by atoms with Crippen molar-refractivity contribution in [1.29, 1.82) is 0 Å². The molecular weight excluding hydrogens is 332 g/mol. The maximum Gasteiger partial charge on any atom is 0.118 e. The van der Waals surface area contributed by atoms with E-state index in [9.17, 15) is 5.11 Å². The molecule has 5 heteroatoms. The van der Waals surface area contributed by atoms with E-state index in [1.807, 2.05) is 36.6 Å². The molecule has 1 aromatic carbocycles. The van der Waals surface area contributed by atoms with Crippen molar-refractivity contribution in [3.8, 4) is 5.75 Å². The highest BCUT2D eigenvalue weighted by atomic mass is 32.1. The molecule has 0 bridgehead atoms. The normalized spacial score (nSPS) is 14.8. The number of benzene rings is 1. The molecule has 0 unspecified atom stereocenters. The molecule has 0 atom stereocenters. The molecule has 1 aliphatic rings. The number of phenolic OH excluding ortho intramolecular Hbond substituents is 1. The monoisotopic (exact) mass is 362 g/mol. The molecule has 0 aliphatic carbocycles. The lowest BCUT2D eigenvalue weighted by molar-refractivity contribution is 0.0384. The van der Waals surface area contributed by atoms with Gasteiger partial charge in [-0.1, -0.05) is 24.3 Å². The van der Waals surface area contributed by atoms with Crippen LogP contribution in [0.5, 0.6) is 5.75 Å². The van der Waals surface area contributed by atoms with E-state index in [1.165, 1.54) is 17.7 Å². The number of rotatable bonds is 7. The number of phenols is 1. The van der Waals surface area contributed by atoms with Gasteiger partial charge in [0, 0.05) is 24.5 Å². The summed E-state index contributed by atoms with van der Waals surface area (Å²) in [5.41, 5.74) is 1.03. The predicted molar refractivity (Wildman–Crippen MR) is 106 cm³/mol. The Balaban J connectivity index is 0.000000196. The number of aryl methyl sites for hydroxylation is 1. The van der Waals surface area contributed by atoms with Crippen LogP contribution < -0.4 is 5.32 Å². The first-order chi connectivity index (χ1) is 12.3. The van der Waals surface area contributed by atoms with Crippen LogP contribution in [-0.2, 0) is 17.6 Å². The van der Waals surface area contributed by atoms with Crippen LogP contribution >= 0.6 is 11.3 Å². The van der Waals surface area contributed by atoms with E-state index in [4.69, 9.17) is 4.74 Å². The van der Waals surface area contributed by atoms with E-state index in [1.54, 1.807) is 6.07 Å². The minimum atomic E-state index is 0.408.